The Labute approximate surface area is 109 Å². The summed E-state index contributed by atoms with van der Waals surface area (Å²) in [6.45, 7) is 0. The van der Waals surface area contributed by atoms with Crippen molar-refractivity contribution in [1.82, 2.24) is 9.78 Å². The molecule has 1 N–H and O–H groups in total. The fraction of sp³-hybridized carbons (Fsp3) is 0.231. The van der Waals surface area contributed by atoms with Gasteiger partial charge in [-0.1, -0.05) is 30.3 Å². The van der Waals surface area contributed by atoms with E-state index in [1.807, 2.05) is 31.4 Å². The van der Waals surface area contributed by atoms with Crippen molar-refractivity contribution < 1.29 is 4.79 Å². The van der Waals surface area contributed by atoms with Crippen LogP contribution in [0, 0.1) is 0 Å². The van der Waals surface area contributed by atoms with Gasteiger partial charge in [0.1, 0.15) is 5.82 Å². The second-order valence-corrected chi connectivity index (χ2v) is 5.32. The Balaban J connectivity index is 2.08. The average molecular weight is 259 g/mol. The summed E-state index contributed by atoms with van der Waals surface area (Å²) in [7, 11) is 1.84. The fourth-order valence-electron chi connectivity index (χ4n) is 2.12. The molecule has 92 valence electrons. The van der Waals surface area contributed by atoms with Crippen molar-refractivity contribution in [1.29, 1.82) is 0 Å². The van der Waals surface area contributed by atoms with E-state index in [2.05, 4.69) is 22.5 Å². The molecule has 0 saturated heterocycles. The summed E-state index contributed by atoms with van der Waals surface area (Å²) in [4.78, 5) is 11.7. The maximum Gasteiger partial charge on any atom is 0.235 e. The maximum absolute atomic E-state index is 11.7. The molecule has 1 unspecified atom stereocenters. The lowest BCUT2D eigenvalue weighted by Gasteiger charge is -2.13. The van der Waals surface area contributed by atoms with E-state index in [0.29, 0.717) is 5.75 Å². The zero-order valence-electron chi connectivity index (χ0n) is 9.96. The van der Waals surface area contributed by atoms with Gasteiger partial charge >= 0.3 is 0 Å². The van der Waals surface area contributed by atoms with Crippen LogP contribution in [0.1, 0.15) is 16.4 Å². The SMILES string of the molecule is Cn1ncc2c1NC(=O)CSC2c1ccccc1. The third-order valence-electron chi connectivity index (χ3n) is 2.99. The Morgan fingerprint density at radius 1 is 1.39 bits per heavy atom. The van der Waals surface area contributed by atoms with Crippen molar-refractivity contribution >= 4 is 23.5 Å². The topological polar surface area (TPSA) is 46.9 Å². The van der Waals surface area contributed by atoms with Gasteiger partial charge in [-0.2, -0.15) is 5.10 Å². The van der Waals surface area contributed by atoms with Gasteiger partial charge in [0.05, 0.1) is 17.2 Å². The van der Waals surface area contributed by atoms with Gasteiger partial charge in [-0.25, -0.2) is 0 Å². The molecule has 0 spiro atoms. The summed E-state index contributed by atoms with van der Waals surface area (Å²) in [5.41, 5.74) is 2.27. The summed E-state index contributed by atoms with van der Waals surface area (Å²) >= 11 is 1.64. The van der Waals surface area contributed by atoms with Gasteiger partial charge in [-0.05, 0) is 5.56 Å². The number of aryl methyl sites for hydroxylation is 1. The highest BCUT2D eigenvalue weighted by Gasteiger charge is 2.26. The molecule has 2 heterocycles. The number of carbonyl (C=O) groups excluding carboxylic acids is 1. The van der Waals surface area contributed by atoms with Gasteiger partial charge in [0.15, 0.2) is 0 Å². The van der Waals surface area contributed by atoms with Crippen LogP contribution in [0.5, 0.6) is 0 Å². The van der Waals surface area contributed by atoms with Crippen LogP contribution >= 0.6 is 11.8 Å². The number of nitrogens with zero attached hydrogens (tertiary/aromatic N) is 2. The standard InChI is InChI=1S/C13H13N3OS/c1-16-13-10(7-14-16)12(18-8-11(17)15-13)9-5-3-2-4-6-9/h2-7,12H,8H2,1H3,(H,15,17). The average Bonchev–Trinajstić information content (AvgIpc) is 2.65. The number of aromatic nitrogens is 2. The van der Waals surface area contributed by atoms with Crippen molar-refractivity contribution in [2.24, 2.45) is 7.05 Å². The highest BCUT2D eigenvalue weighted by Crippen LogP contribution is 2.40. The van der Waals surface area contributed by atoms with E-state index in [9.17, 15) is 4.79 Å². The Morgan fingerprint density at radius 2 is 2.17 bits per heavy atom. The molecule has 1 atom stereocenters. The molecule has 18 heavy (non-hydrogen) atoms. The quantitative estimate of drug-likeness (QED) is 0.854. The Bertz CT molecular complexity index is 579. The predicted octanol–water partition coefficient (Wildman–Crippen LogP) is 2.19. The van der Waals surface area contributed by atoms with E-state index in [1.165, 1.54) is 5.56 Å². The third kappa shape index (κ3) is 1.90. The first-order valence-electron chi connectivity index (χ1n) is 5.74. The molecule has 1 aliphatic heterocycles. The fourth-order valence-corrected chi connectivity index (χ4v) is 3.21. The minimum atomic E-state index is 0.0308. The largest absolute Gasteiger partial charge is 0.310 e. The van der Waals surface area contributed by atoms with Crippen LogP contribution < -0.4 is 5.32 Å². The normalized spacial score (nSPS) is 18.9. The first-order valence-corrected chi connectivity index (χ1v) is 6.79. The predicted molar refractivity (Wildman–Crippen MR) is 72.6 cm³/mol. The molecule has 0 fully saturated rings. The summed E-state index contributed by atoms with van der Waals surface area (Å²) in [5, 5.41) is 7.31. The highest BCUT2D eigenvalue weighted by molar-refractivity contribution is 8.00. The Morgan fingerprint density at radius 3 is 2.94 bits per heavy atom. The molecule has 4 nitrogen and oxygen atoms in total. The zero-order valence-corrected chi connectivity index (χ0v) is 10.8. The summed E-state index contributed by atoms with van der Waals surface area (Å²) in [6.07, 6.45) is 1.84. The van der Waals surface area contributed by atoms with Crippen LogP contribution in [-0.4, -0.2) is 21.4 Å². The Hall–Kier alpha value is -1.75. The van der Waals surface area contributed by atoms with Gasteiger partial charge in [0.2, 0.25) is 5.91 Å². The van der Waals surface area contributed by atoms with E-state index in [-0.39, 0.29) is 11.2 Å². The molecule has 1 amide bonds. The zero-order chi connectivity index (χ0) is 12.5. The van der Waals surface area contributed by atoms with Crippen molar-refractivity contribution in [3.63, 3.8) is 0 Å². The molecule has 0 radical (unpaired) electrons. The number of fused-ring (bicyclic) bond motifs is 1. The van der Waals surface area contributed by atoms with Crippen molar-refractivity contribution in [3.8, 4) is 0 Å². The second-order valence-electron chi connectivity index (χ2n) is 4.22. The van der Waals surface area contributed by atoms with Gasteiger partial charge in [-0.3, -0.25) is 9.48 Å². The molecule has 1 aromatic carbocycles. The number of thioether (sulfide) groups is 1. The van der Waals surface area contributed by atoms with Gasteiger partial charge < -0.3 is 5.32 Å². The number of hydrogen-bond donors (Lipinski definition) is 1. The van der Waals surface area contributed by atoms with Crippen LogP contribution in [0.15, 0.2) is 36.5 Å². The lowest BCUT2D eigenvalue weighted by Crippen LogP contribution is -2.15. The van der Waals surface area contributed by atoms with Crippen LogP contribution in [0.25, 0.3) is 0 Å². The van der Waals surface area contributed by atoms with E-state index < -0.39 is 0 Å². The Kier molecular flexibility index (Phi) is 2.83. The summed E-state index contributed by atoms with van der Waals surface area (Å²) in [6, 6.07) is 10.2. The number of rotatable bonds is 1. The van der Waals surface area contributed by atoms with Crippen molar-refractivity contribution in [2.45, 2.75) is 5.25 Å². The summed E-state index contributed by atoms with van der Waals surface area (Å²) < 4.78 is 1.72. The number of benzene rings is 1. The lowest BCUT2D eigenvalue weighted by molar-refractivity contribution is -0.113. The minimum Gasteiger partial charge on any atom is -0.310 e. The van der Waals surface area contributed by atoms with Gasteiger partial charge in [-0.15, -0.1) is 11.8 Å². The first kappa shape index (κ1) is 11.3. The smallest absolute Gasteiger partial charge is 0.235 e. The van der Waals surface area contributed by atoms with Crippen LogP contribution in [0.4, 0.5) is 5.82 Å². The van der Waals surface area contributed by atoms with Crippen LogP contribution in [0.3, 0.4) is 0 Å². The molecule has 3 rings (SSSR count). The molecule has 0 bridgehead atoms. The highest BCUT2D eigenvalue weighted by atomic mass is 32.2. The minimum absolute atomic E-state index is 0.0308. The second kappa shape index (κ2) is 4.49. The van der Waals surface area contributed by atoms with E-state index >= 15 is 0 Å². The third-order valence-corrected chi connectivity index (χ3v) is 4.28. The van der Waals surface area contributed by atoms with E-state index in [1.54, 1.807) is 16.4 Å². The lowest BCUT2D eigenvalue weighted by atomic mass is 10.1. The van der Waals surface area contributed by atoms with E-state index in [4.69, 9.17) is 0 Å². The van der Waals surface area contributed by atoms with E-state index in [0.717, 1.165) is 11.4 Å². The van der Waals surface area contributed by atoms with Crippen LogP contribution in [-0.2, 0) is 11.8 Å². The molecule has 1 aromatic heterocycles. The van der Waals surface area contributed by atoms with Gasteiger partial charge in [0.25, 0.3) is 0 Å². The van der Waals surface area contributed by atoms with Crippen LogP contribution in [0.2, 0.25) is 0 Å². The number of nitrogens with one attached hydrogen (secondary N) is 1. The molecule has 0 aliphatic carbocycles. The number of anilines is 1. The number of amides is 1. The van der Waals surface area contributed by atoms with Gasteiger partial charge in [0, 0.05) is 12.6 Å². The van der Waals surface area contributed by atoms with Crippen molar-refractivity contribution in [2.75, 3.05) is 11.1 Å². The summed E-state index contributed by atoms with van der Waals surface area (Å²) in [5.74, 6) is 1.30. The maximum atomic E-state index is 11.7. The number of carbonyl (C=O) groups is 1. The molecule has 5 heteroatoms. The van der Waals surface area contributed by atoms with Crippen molar-refractivity contribution in [3.05, 3.63) is 47.7 Å². The molecular weight excluding hydrogens is 246 g/mol. The molecular formula is C13H13N3OS. The monoisotopic (exact) mass is 259 g/mol. The first-order chi connectivity index (χ1) is 8.75. The molecule has 0 saturated carbocycles. The number of hydrogen-bond acceptors (Lipinski definition) is 3. The molecule has 1 aliphatic rings. The molecule has 2 aromatic rings.